The van der Waals surface area contributed by atoms with Crippen molar-refractivity contribution in [2.75, 3.05) is 19.8 Å². The highest BCUT2D eigenvalue weighted by molar-refractivity contribution is 9.10. The maximum absolute atomic E-state index is 12.7. The highest BCUT2D eigenvalue weighted by atomic mass is 79.9. The minimum absolute atomic E-state index is 0.0609. The van der Waals surface area contributed by atoms with Crippen LogP contribution in [-0.4, -0.2) is 31.8 Å². The Hall–Kier alpha value is -2.05. The first-order chi connectivity index (χ1) is 13.2. The summed E-state index contributed by atoms with van der Waals surface area (Å²) in [7, 11) is 0. The molecule has 2 heterocycles. The number of benzene rings is 2. The molecule has 1 saturated heterocycles. The van der Waals surface area contributed by atoms with Crippen LogP contribution in [0.4, 0.5) is 0 Å². The van der Waals surface area contributed by atoms with Crippen LogP contribution >= 0.6 is 15.9 Å². The summed E-state index contributed by atoms with van der Waals surface area (Å²) in [5.41, 5.74) is 1.61. The Morgan fingerprint density at radius 1 is 1.15 bits per heavy atom. The van der Waals surface area contributed by atoms with Crippen molar-refractivity contribution in [2.24, 2.45) is 0 Å². The predicted octanol–water partition coefficient (Wildman–Crippen LogP) is 4.26. The van der Waals surface area contributed by atoms with E-state index in [9.17, 15) is 4.79 Å². The molecule has 0 radical (unpaired) electrons. The fraction of sp³-hybridized carbons (Fsp3) is 0.381. The maximum atomic E-state index is 12.7. The van der Waals surface area contributed by atoms with Crippen LogP contribution in [0.25, 0.3) is 0 Å². The predicted molar refractivity (Wildman–Crippen MR) is 105 cm³/mol. The number of hydrogen-bond donors (Lipinski definition) is 1. The maximum Gasteiger partial charge on any atom is 0.251 e. The summed E-state index contributed by atoms with van der Waals surface area (Å²) in [4.78, 5) is 12.7. The number of nitrogens with one attached hydrogen (secondary N) is 1. The SMILES string of the molecule is O=C(NC1CCOc2ccc(Br)cc21)c1ccc(OCC2CCCO2)cc1. The van der Waals surface area contributed by atoms with Gasteiger partial charge in [0.25, 0.3) is 5.91 Å². The Kier molecular flexibility index (Phi) is 5.64. The topological polar surface area (TPSA) is 56.8 Å². The van der Waals surface area contributed by atoms with Gasteiger partial charge < -0.3 is 19.5 Å². The van der Waals surface area contributed by atoms with Crippen molar-refractivity contribution in [1.82, 2.24) is 5.32 Å². The molecular formula is C21H22BrNO4. The third kappa shape index (κ3) is 4.45. The summed E-state index contributed by atoms with van der Waals surface area (Å²) in [6.07, 6.45) is 3.07. The van der Waals surface area contributed by atoms with E-state index >= 15 is 0 Å². The second-order valence-corrected chi connectivity index (χ2v) is 7.73. The first kappa shape index (κ1) is 18.3. The van der Waals surface area contributed by atoms with Crippen LogP contribution in [0.15, 0.2) is 46.9 Å². The van der Waals surface area contributed by atoms with Crippen molar-refractivity contribution >= 4 is 21.8 Å². The number of carbonyl (C=O) groups is 1. The third-order valence-electron chi connectivity index (χ3n) is 4.89. The molecule has 5 nitrogen and oxygen atoms in total. The molecule has 0 spiro atoms. The largest absolute Gasteiger partial charge is 0.493 e. The molecule has 0 aromatic heterocycles. The van der Waals surface area contributed by atoms with Gasteiger partial charge in [0.2, 0.25) is 0 Å². The minimum atomic E-state index is -0.0986. The molecule has 4 rings (SSSR count). The van der Waals surface area contributed by atoms with Gasteiger partial charge in [0.05, 0.1) is 18.8 Å². The lowest BCUT2D eigenvalue weighted by Gasteiger charge is -2.27. The standard InChI is InChI=1S/C21H22BrNO4/c22-15-5-8-20-18(12-15)19(9-11-26-20)23-21(24)14-3-6-16(7-4-14)27-13-17-2-1-10-25-17/h3-8,12,17,19H,1-2,9-11,13H2,(H,23,24). The molecule has 27 heavy (non-hydrogen) atoms. The van der Waals surface area contributed by atoms with Crippen LogP contribution in [0.5, 0.6) is 11.5 Å². The Bertz CT molecular complexity index is 802. The number of rotatable bonds is 5. The quantitative estimate of drug-likeness (QED) is 0.767. The molecule has 2 atom stereocenters. The monoisotopic (exact) mass is 431 g/mol. The zero-order valence-electron chi connectivity index (χ0n) is 14.9. The summed E-state index contributed by atoms with van der Waals surface area (Å²) in [6.45, 7) is 1.97. The fourth-order valence-corrected chi connectivity index (χ4v) is 3.80. The van der Waals surface area contributed by atoms with Crippen LogP contribution in [0.3, 0.4) is 0 Å². The molecule has 2 aromatic rings. The second-order valence-electron chi connectivity index (χ2n) is 6.82. The van der Waals surface area contributed by atoms with Crippen molar-refractivity contribution in [2.45, 2.75) is 31.4 Å². The Morgan fingerprint density at radius 2 is 2.00 bits per heavy atom. The van der Waals surface area contributed by atoms with Crippen LogP contribution in [0.2, 0.25) is 0 Å². The first-order valence-electron chi connectivity index (χ1n) is 9.26. The molecule has 0 saturated carbocycles. The Labute approximate surface area is 167 Å². The van der Waals surface area contributed by atoms with Crippen molar-refractivity contribution in [3.8, 4) is 11.5 Å². The number of ether oxygens (including phenoxy) is 3. The lowest BCUT2D eigenvalue weighted by atomic mass is 10.00. The normalized spacial score (nSPS) is 21.2. The van der Waals surface area contributed by atoms with E-state index in [2.05, 4.69) is 21.2 Å². The van der Waals surface area contributed by atoms with Gasteiger partial charge in [-0.05, 0) is 55.3 Å². The van der Waals surface area contributed by atoms with Crippen molar-refractivity contribution in [3.05, 3.63) is 58.1 Å². The van der Waals surface area contributed by atoms with Gasteiger partial charge >= 0.3 is 0 Å². The molecule has 142 valence electrons. The highest BCUT2D eigenvalue weighted by Crippen LogP contribution is 2.34. The fourth-order valence-electron chi connectivity index (χ4n) is 3.42. The lowest BCUT2D eigenvalue weighted by molar-refractivity contribution is 0.0679. The zero-order valence-corrected chi connectivity index (χ0v) is 16.5. The van der Waals surface area contributed by atoms with E-state index in [-0.39, 0.29) is 18.1 Å². The van der Waals surface area contributed by atoms with Gasteiger partial charge in [0, 0.05) is 28.6 Å². The molecule has 2 aliphatic heterocycles. The molecule has 0 bridgehead atoms. The van der Waals surface area contributed by atoms with Gasteiger partial charge in [0.15, 0.2) is 0 Å². The molecule has 2 aliphatic rings. The summed E-state index contributed by atoms with van der Waals surface area (Å²) in [6, 6.07) is 13.1. The number of hydrogen-bond acceptors (Lipinski definition) is 4. The van der Waals surface area contributed by atoms with Crippen LogP contribution in [0.1, 0.15) is 41.2 Å². The number of carbonyl (C=O) groups excluding carboxylic acids is 1. The van der Waals surface area contributed by atoms with Crippen molar-refractivity contribution < 1.29 is 19.0 Å². The van der Waals surface area contributed by atoms with E-state index in [1.54, 1.807) is 12.1 Å². The third-order valence-corrected chi connectivity index (χ3v) is 5.39. The second kappa shape index (κ2) is 8.31. The summed E-state index contributed by atoms with van der Waals surface area (Å²) in [5, 5.41) is 3.11. The van der Waals surface area contributed by atoms with Crippen molar-refractivity contribution in [3.63, 3.8) is 0 Å². The van der Waals surface area contributed by atoms with Crippen LogP contribution in [0, 0.1) is 0 Å². The van der Waals surface area contributed by atoms with E-state index < -0.39 is 0 Å². The van der Waals surface area contributed by atoms with E-state index in [1.807, 2.05) is 30.3 Å². The molecule has 2 aromatic carbocycles. The molecule has 6 heteroatoms. The smallest absolute Gasteiger partial charge is 0.251 e. The number of amides is 1. The molecule has 1 N–H and O–H groups in total. The average Bonchev–Trinajstić information content (AvgIpc) is 3.21. The number of halogens is 1. The summed E-state index contributed by atoms with van der Waals surface area (Å²) in [5.74, 6) is 1.48. The molecular weight excluding hydrogens is 410 g/mol. The molecule has 1 amide bonds. The average molecular weight is 432 g/mol. The molecule has 1 fully saturated rings. The van der Waals surface area contributed by atoms with Gasteiger partial charge in [-0.1, -0.05) is 15.9 Å². The van der Waals surface area contributed by atoms with Gasteiger partial charge in [-0.2, -0.15) is 0 Å². The lowest BCUT2D eigenvalue weighted by Crippen LogP contribution is -2.32. The summed E-state index contributed by atoms with van der Waals surface area (Å²) < 4.78 is 18.0. The molecule has 0 aliphatic carbocycles. The van der Waals surface area contributed by atoms with E-state index in [0.29, 0.717) is 18.8 Å². The Morgan fingerprint density at radius 3 is 2.78 bits per heavy atom. The number of fused-ring (bicyclic) bond motifs is 1. The van der Waals surface area contributed by atoms with E-state index in [1.165, 1.54) is 0 Å². The van der Waals surface area contributed by atoms with Crippen molar-refractivity contribution in [1.29, 1.82) is 0 Å². The Balaban J connectivity index is 1.38. The summed E-state index contributed by atoms with van der Waals surface area (Å²) >= 11 is 3.48. The first-order valence-corrected chi connectivity index (χ1v) is 10.1. The van der Waals surface area contributed by atoms with Gasteiger partial charge in [-0.25, -0.2) is 0 Å². The highest BCUT2D eigenvalue weighted by Gasteiger charge is 2.24. The van der Waals surface area contributed by atoms with Gasteiger partial charge in [0.1, 0.15) is 18.1 Å². The van der Waals surface area contributed by atoms with Crippen LogP contribution < -0.4 is 14.8 Å². The van der Waals surface area contributed by atoms with E-state index in [4.69, 9.17) is 14.2 Å². The van der Waals surface area contributed by atoms with E-state index in [0.717, 1.165) is 47.4 Å². The van der Waals surface area contributed by atoms with Crippen LogP contribution in [-0.2, 0) is 4.74 Å². The minimum Gasteiger partial charge on any atom is -0.493 e. The molecule has 2 unspecified atom stereocenters. The van der Waals surface area contributed by atoms with Gasteiger partial charge in [-0.3, -0.25) is 4.79 Å². The van der Waals surface area contributed by atoms with Gasteiger partial charge in [-0.15, -0.1) is 0 Å². The zero-order chi connectivity index (χ0) is 18.6.